The van der Waals surface area contributed by atoms with E-state index in [0.29, 0.717) is 5.92 Å². The van der Waals surface area contributed by atoms with Crippen molar-refractivity contribution in [1.82, 2.24) is 4.98 Å². The van der Waals surface area contributed by atoms with E-state index in [9.17, 15) is 4.79 Å². The minimum Gasteiger partial charge on any atom is -0.481 e. The second kappa shape index (κ2) is 4.00. The second-order valence-electron chi connectivity index (χ2n) is 4.34. The molecule has 0 saturated heterocycles. The monoisotopic (exact) mass is 217 g/mol. The highest BCUT2D eigenvalue weighted by molar-refractivity contribution is 5.87. The van der Waals surface area contributed by atoms with Crippen molar-refractivity contribution < 1.29 is 9.90 Å². The zero-order valence-corrected chi connectivity index (χ0v) is 9.45. The number of aromatic nitrogens is 1. The number of hydrogen-bond donors (Lipinski definition) is 2. The number of aliphatic carboxylic acids is 1. The van der Waals surface area contributed by atoms with Crippen LogP contribution in [0, 0.1) is 0 Å². The first-order chi connectivity index (χ1) is 7.58. The fourth-order valence-corrected chi connectivity index (χ4v) is 1.87. The Labute approximate surface area is 94.1 Å². The lowest BCUT2D eigenvalue weighted by atomic mass is 10.0. The first kappa shape index (κ1) is 10.7. The van der Waals surface area contributed by atoms with E-state index in [-0.39, 0.29) is 6.42 Å². The highest BCUT2D eigenvalue weighted by Crippen LogP contribution is 2.23. The fourth-order valence-electron chi connectivity index (χ4n) is 1.87. The van der Waals surface area contributed by atoms with Crippen molar-refractivity contribution >= 4 is 16.9 Å². The van der Waals surface area contributed by atoms with Gasteiger partial charge in [0, 0.05) is 17.1 Å². The number of H-pyrrole nitrogens is 1. The minimum absolute atomic E-state index is 0.0705. The summed E-state index contributed by atoms with van der Waals surface area (Å²) >= 11 is 0. The standard InChI is InChI=1S/C13H15NO2/c1-8(2)9-3-4-11-10(6-13(15)16)7-14-12(11)5-9/h3-5,7-8,14H,6H2,1-2H3,(H,15,16). The first-order valence-corrected chi connectivity index (χ1v) is 5.39. The van der Waals surface area contributed by atoms with Crippen molar-refractivity contribution in [3.05, 3.63) is 35.5 Å². The molecule has 1 aromatic carbocycles. The van der Waals surface area contributed by atoms with Crippen LogP contribution in [0.2, 0.25) is 0 Å². The van der Waals surface area contributed by atoms with Crippen LogP contribution in [0.15, 0.2) is 24.4 Å². The van der Waals surface area contributed by atoms with Gasteiger partial charge in [-0.1, -0.05) is 26.0 Å². The van der Waals surface area contributed by atoms with Gasteiger partial charge in [-0.2, -0.15) is 0 Å². The molecule has 16 heavy (non-hydrogen) atoms. The Kier molecular flexibility index (Phi) is 2.69. The summed E-state index contributed by atoms with van der Waals surface area (Å²) in [6.07, 6.45) is 1.85. The molecule has 1 heterocycles. The number of aromatic amines is 1. The molecule has 0 fully saturated rings. The third kappa shape index (κ3) is 1.94. The molecule has 2 aromatic rings. The summed E-state index contributed by atoms with van der Waals surface area (Å²) in [6.45, 7) is 4.28. The highest BCUT2D eigenvalue weighted by Gasteiger charge is 2.08. The lowest BCUT2D eigenvalue weighted by molar-refractivity contribution is -0.136. The number of carboxylic acid groups (broad SMARTS) is 1. The Bertz CT molecular complexity index is 526. The molecule has 1 aromatic heterocycles. The van der Waals surface area contributed by atoms with Crippen molar-refractivity contribution in [2.75, 3.05) is 0 Å². The van der Waals surface area contributed by atoms with Gasteiger partial charge in [-0.15, -0.1) is 0 Å². The number of carbonyl (C=O) groups is 1. The molecule has 0 aliphatic rings. The molecule has 3 nitrogen and oxygen atoms in total. The maximum Gasteiger partial charge on any atom is 0.307 e. The molecule has 2 N–H and O–H groups in total. The zero-order valence-electron chi connectivity index (χ0n) is 9.45. The van der Waals surface area contributed by atoms with Crippen LogP contribution in [0.5, 0.6) is 0 Å². The Morgan fingerprint density at radius 2 is 2.19 bits per heavy atom. The number of rotatable bonds is 3. The van der Waals surface area contributed by atoms with Crippen molar-refractivity contribution in [3.63, 3.8) is 0 Å². The summed E-state index contributed by atoms with van der Waals surface area (Å²) in [7, 11) is 0. The Balaban J connectivity index is 2.46. The van der Waals surface area contributed by atoms with Crippen LogP contribution in [-0.2, 0) is 11.2 Å². The topological polar surface area (TPSA) is 53.1 Å². The Morgan fingerprint density at radius 3 is 2.81 bits per heavy atom. The Morgan fingerprint density at radius 1 is 1.44 bits per heavy atom. The number of carboxylic acids is 1. The highest BCUT2D eigenvalue weighted by atomic mass is 16.4. The van der Waals surface area contributed by atoms with E-state index in [2.05, 4.69) is 31.0 Å². The molecule has 0 spiro atoms. The van der Waals surface area contributed by atoms with Crippen LogP contribution in [-0.4, -0.2) is 16.1 Å². The predicted octanol–water partition coefficient (Wildman–Crippen LogP) is 2.92. The SMILES string of the molecule is CC(C)c1ccc2c(CC(=O)O)c[nH]c2c1. The molecular formula is C13H15NO2. The van der Waals surface area contributed by atoms with Gasteiger partial charge < -0.3 is 10.1 Å². The van der Waals surface area contributed by atoms with Crippen LogP contribution in [0.3, 0.4) is 0 Å². The van der Waals surface area contributed by atoms with Gasteiger partial charge in [0.25, 0.3) is 0 Å². The quantitative estimate of drug-likeness (QED) is 0.830. The van der Waals surface area contributed by atoms with Crippen molar-refractivity contribution in [1.29, 1.82) is 0 Å². The summed E-state index contributed by atoms with van der Waals surface area (Å²) in [5, 5.41) is 9.78. The van der Waals surface area contributed by atoms with Crippen LogP contribution in [0.4, 0.5) is 0 Å². The van der Waals surface area contributed by atoms with Crippen LogP contribution < -0.4 is 0 Å². The largest absolute Gasteiger partial charge is 0.481 e. The van der Waals surface area contributed by atoms with Gasteiger partial charge in [-0.05, 0) is 23.1 Å². The average molecular weight is 217 g/mol. The molecule has 0 aliphatic carbocycles. The van der Waals surface area contributed by atoms with Crippen LogP contribution >= 0.6 is 0 Å². The van der Waals surface area contributed by atoms with Gasteiger partial charge in [-0.25, -0.2) is 0 Å². The molecule has 0 amide bonds. The number of nitrogens with one attached hydrogen (secondary N) is 1. The molecule has 2 rings (SSSR count). The van der Waals surface area contributed by atoms with Crippen molar-refractivity contribution in [2.24, 2.45) is 0 Å². The third-order valence-corrected chi connectivity index (χ3v) is 2.80. The third-order valence-electron chi connectivity index (χ3n) is 2.80. The summed E-state index contributed by atoms with van der Waals surface area (Å²) in [6, 6.07) is 6.15. The van der Waals surface area contributed by atoms with E-state index in [0.717, 1.165) is 16.5 Å². The van der Waals surface area contributed by atoms with Gasteiger partial charge in [-0.3, -0.25) is 4.79 Å². The molecule has 3 heteroatoms. The van der Waals surface area contributed by atoms with Crippen molar-refractivity contribution in [2.45, 2.75) is 26.2 Å². The van der Waals surface area contributed by atoms with E-state index in [4.69, 9.17) is 5.11 Å². The van der Waals surface area contributed by atoms with E-state index in [1.165, 1.54) is 5.56 Å². The molecule has 84 valence electrons. The maximum atomic E-state index is 10.7. The normalized spacial score (nSPS) is 11.2. The second-order valence-corrected chi connectivity index (χ2v) is 4.34. The summed E-state index contributed by atoms with van der Waals surface area (Å²) in [4.78, 5) is 13.8. The molecule has 0 aliphatic heterocycles. The predicted molar refractivity (Wildman–Crippen MR) is 63.7 cm³/mol. The molecule has 0 unspecified atom stereocenters. The molecular weight excluding hydrogens is 202 g/mol. The van der Waals surface area contributed by atoms with Gasteiger partial charge in [0.05, 0.1) is 6.42 Å². The fraction of sp³-hybridized carbons (Fsp3) is 0.308. The Hall–Kier alpha value is -1.77. The number of fused-ring (bicyclic) bond motifs is 1. The summed E-state index contributed by atoms with van der Waals surface area (Å²) in [5.41, 5.74) is 3.12. The van der Waals surface area contributed by atoms with E-state index < -0.39 is 5.97 Å². The average Bonchev–Trinajstić information content (AvgIpc) is 2.60. The van der Waals surface area contributed by atoms with Gasteiger partial charge in [0.15, 0.2) is 0 Å². The van der Waals surface area contributed by atoms with E-state index in [1.54, 1.807) is 6.20 Å². The molecule has 0 radical (unpaired) electrons. The van der Waals surface area contributed by atoms with Crippen molar-refractivity contribution in [3.8, 4) is 0 Å². The van der Waals surface area contributed by atoms with Gasteiger partial charge >= 0.3 is 5.97 Å². The first-order valence-electron chi connectivity index (χ1n) is 5.39. The van der Waals surface area contributed by atoms with Gasteiger partial charge in [0.2, 0.25) is 0 Å². The van der Waals surface area contributed by atoms with Crippen LogP contribution in [0.1, 0.15) is 30.9 Å². The molecule has 0 saturated carbocycles. The van der Waals surface area contributed by atoms with E-state index >= 15 is 0 Å². The minimum atomic E-state index is -0.797. The smallest absolute Gasteiger partial charge is 0.307 e. The maximum absolute atomic E-state index is 10.7. The lowest BCUT2D eigenvalue weighted by Gasteiger charge is -2.04. The molecule has 0 atom stereocenters. The summed E-state index contributed by atoms with van der Waals surface area (Å²) < 4.78 is 0. The van der Waals surface area contributed by atoms with E-state index in [1.807, 2.05) is 6.07 Å². The lowest BCUT2D eigenvalue weighted by Crippen LogP contribution is -1.98. The van der Waals surface area contributed by atoms with Crippen LogP contribution in [0.25, 0.3) is 10.9 Å². The van der Waals surface area contributed by atoms with Gasteiger partial charge in [0.1, 0.15) is 0 Å². The number of hydrogen-bond acceptors (Lipinski definition) is 1. The summed E-state index contributed by atoms with van der Waals surface area (Å²) in [5.74, 6) is -0.315. The molecule has 0 bridgehead atoms. The number of benzene rings is 1. The zero-order chi connectivity index (χ0) is 11.7.